The molecule has 0 aliphatic rings. The molecule has 0 saturated carbocycles. The van der Waals surface area contributed by atoms with Gasteiger partial charge in [0, 0.05) is 50.2 Å². The summed E-state index contributed by atoms with van der Waals surface area (Å²) in [5.41, 5.74) is 5.78. The van der Waals surface area contributed by atoms with Crippen molar-refractivity contribution in [3.63, 3.8) is 0 Å². The van der Waals surface area contributed by atoms with Gasteiger partial charge in [-0.2, -0.15) is 5.75 Å². The summed E-state index contributed by atoms with van der Waals surface area (Å²) in [6.07, 6.45) is 5.93. The van der Waals surface area contributed by atoms with Crippen LogP contribution in [0, 0.1) is 13.8 Å². The van der Waals surface area contributed by atoms with E-state index in [1.165, 1.54) is 16.7 Å². The Kier molecular flexibility index (Phi) is 13.0. The molecule has 0 unspecified atom stereocenters. The molecule has 0 spiro atoms. The van der Waals surface area contributed by atoms with E-state index >= 15 is 0 Å². The second-order valence-electron chi connectivity index (χ2n) is 9.13. The second-order valence-corrected chi connectivity index (χ2v) is 11.1. The van der Waals surface area contributed by atoms with Crippen molar-refractivity contribution in [2.24, 2.45) is 0 Å². The van der Waals surface area contributed by atoms with Crippen LogP contribution in [-0.4, -0.2) is 31.4 Å². The van der Waals surface area contributed by atoms with Gasteiger partial charge in [-0.3, -0.25) is 19.9 Å². The Morgan fingerprint density at radius 2 is 1.25 bits per heavy atom. The Hall–Kier alpha value is -1.93. The van der Waals surface area contributed by atoms with E-state index in [2.05, 4.69) is 72.6 Å². The third kappa shape index (κ3) is 7.87. The van der Waals surface area contributed by atoms with Crippen LogP contribution in [0.1, 0.15) is 38.1 Å². The molecule has 0 aliphatic heterocycles. The van der Waals surface area contributed by atoms with Gasteiger partial charge >= 0.3 is 29.6 Å². The molecular formula is C32H32ClN4NaS2. The van der Waals surface area contributed by atoms with Gasteiger partial charge in [-0.25, -0.2) is 0 Å². The fourth-order valence-corrected chi connectivity index (χ4v) is 5.46. The molecule has 6 aromatic rings. The Bertz CT molecular complexity index is 1730. The molecule has 0 radical (unpaired) electrons. The summed E-state index contributed by atoms with van der Waals surface area (Å²) in [6.45, 7) is 8.28. The fraction of sp³-hybridized carbons (Fsp3) is 0.250. The number of hydrogen-bond acceptors (Lipinski definition) is 6. The molecule has 40 heavy (non-hydrogen) atoms. The summed E-state index contributed by atoms with van der Waals surface area (Å²) < 4.78 is 0. The molecule has 2 aromatic carbocycles. The zero-order valence-corrected chi connectivity index (χ0v) is 28.1. The molecule has 0 aliphatic carbocycles. The molecule has 4 aromatic heterocycles. The third-order valence-electron chi connectivity index (χ3n) is 5.94. The largest absolute Gasteiger partial charge is 1.00 e. The Balaban J connectivity index is 0.000000192. The normalized spacial score (nSPS) is 10.6. The number of aromatic nitrogens is 4. The van der Waals surface area contributed by atoms with Crippen molar-refractivity contribution in [3.05, 3.63) is 89.5 Å². The first-order valence-electron chi connectivity index (χ1n) is 13.1. The van der Waals surface area contributed by atoms with Crippen molar-refractivity contribution in [2.45, 2.75) is 45.4 Å². The maximum atomic E-state index is 6.19. The van der Waals surface area contributed by atoms with Gasteiger partial charge in [-0.1, -0.05) is 68.3 Å². The van der Waals surface area contributed by atoms with E-state index in [4.69, 9.17) is 16.6 Å². The number of thioether (sulfide) groups is 1. The van der Waals surface area contributed by atoms with Crippen LogP contribution >= 0.6 is 23.4 Å². The predicted molar refractivity (Wildman–Crippen MR) is 172 cm³/mol. The van der Waals surface area contributed by atoms with Crippen molar-refractivity contribution < 1.29 is 29.6 Å². The van der Waals surface area contributed by atoms with Crippen molar-refractivity contribution in [1.29, 1.82) is 0 Å². The third-order valence-corrected chi connectivity index (χ3v) is 7.92. The van der Waals surface area contributed by atoms with Crippen molar-refractivity contribution in [1.82, 2.24) is 19.9 Å². The van der Waals surface area contributed by atoms with E-state index in [9.17, 15) is 0 Å². The minimum atomic E-state index is 0. The van der Waals surface area contributed by atoms with E-state index in [1.807, 2.05) is 61.3 Å². The SMILES string of the molecule is CCCSc1cc(C)nc2c1ccc1cccnc12.CCC[S-].Cc1cc(Cl)c2ccc3cccnc3c2n1.[Na+]. The predicted octanol–water partition coefficient (Wildman–Crippen LogP) is 6.29. The Morgan fingerprint density at radius 3 is 1.80 bits per heavy atom. The summed E-state index contributed by atoms with van der Waals surface area (Å²) in [5.74, 6) is 2.04. The molecule has 200 valence electrons. The van der Waals surface area contributed by atoms with Crippen molar-refractivity contribution >= 4 is 79.6 Å². The molecule has 0 fully saturated rings. The summed E-state index contributed by atoms with van der Waals surface area (Å²) in [5, 5.41) is 5.15. The topological polar surface area (TPSA) is 51.6 Å². The zero-order chi connectivity index (χ0) is 27.8. The monoisotopic (exact) mass is 594 g/mol. The maximum absolute atomic E-state index is 6.19. The van der Waals surface area contributed by atoms with Crippen LogP contribution in [0.2, 0.25) is 5.02 Å². The number of rotatable bonds is 4. The van der Waals surface area contributed by atoms with E-state index in [0.29, 0.717) is 0 Å². The molecule has 4 nitrogen and oxygen atoms in total. The van der Waals surface area contributed by atoms with Crippen LogP contribution in [0.3, 0.4) is 0 Å². The van der Waals surface area contributed by atoms with Gasteiger partial charge in [-0.15, -0.1) is 11.8 Å². The number of nitrogens with zero attached hydrogens (tertiary/aromatic N) is 4. The molecular weight excluding hydrogens is 563 g/mol. The standard InChI is InChI=1S/C16H16N2S.C13H9ClN2.C3H8S.Na/c1-3-9-19-14-10-11(2)18-16-13(14)7-6-12-5-4-8-17-15(12)16;1-8-7-11(14)10-5-4-9-3-2-6-15-12(9)13(10)16-8;1-2-3-4;/h4-8,10H,3,9H2,1-2H3;2-7H,1H3;4H,2-3H2,1H3;/q;;;+1/p-1. The molecule has 0 amide bonds. The maximum Gasteiger partial charge on any atom is 1.00 e. The first kappa shape index (κ1) is 32.6. The average molecular weight is 595 g/mol. The molecule has 6 rings (SSSR count). The van der Waals surface area contributed by atoms with Crippen LogP contribution in [0.25, 0.3) is 43.6 Å². The Morgan fingerprint density at radius 1 is 0.725 bits per heavy atom. The number of halogens is 1. The van der Waals surface area contributed by atoms with Crippen molar-refractivity contribution in [2.75, 3.05) is 11.5 Å². The van der Waals surface area contributed by atoms with Gasteiger partial charge in [0.1, 0.15) is 0 Å². The molecule has 4 heterocycles. The molecule has 0 saturated heterocycles. The van der Waals surface area contributed by atoms with Crippen molar-refractivity contribution in [3.8, 4) is 0 Å². The summed E-state index contributed by atoms with van der Waals surface area (Å²) in [4.78, 5) is 19.4. The summed E-state index contributed by atoms with van der Waals surface area (Å²) in [7, 11) is 0. The van der Waals surface area contributed by atoms with Crippen LogP contribution in [0.4, 0.5) is 0 Å². The number of aryl methyl sites for hydroxylation is 2. The van der Waals surface area contributed by atoms with E-state index in [0.717, 1.165) is 72.6 Å². The number of hydrogen-bond donors (Lipinski definition) is 0. The fourth-order valence-electron chi connectivity index (χ4n) is 4.15. The quantitative estimate of drug-likeness (QED) is 0.104. The molecule has 0 bridgehead atoms. The van der Waals surface area contributed by atoms with E-state index < -0.39 is 0 Å². The Labute approximate surface area is 273 Å². The first-order chi connectivity index (χ1) is 19.0. The van der Waals surface area contributed by atoms with Crippen LogP contribution in [0.15, 0.2) is 78.0 Å². The van der Waals surface area contributed by atoms with Gasteiger partial charge < -0.3 is 12.6 Å². The number of fused-ring (bicyclic) bond motifs is 6. The minimum Gasteiger partial charge on any atom is -0.793 e. The van der Waals surface area contributed by atoms with E-state index in [1.54, 1.807) is 6.20 Å². The summed E-state index contributed by atoms with van der Waals surface area (Å²) in [6, 6.07) is 20.4. The summed E-state index contributed by atoms with van der Waals surface area (Å²) >= 11 is 12.7. The van der Waals surface area contributed by atoms with E-state index in [-0.39, 0.29) is 29.6 Å². The minimum absolute atomic E-state index is 0. The number of pyridine rings is 4. The van der Waals surface area contributed by atoms with Gasteiger partial charge in [0.2, 0.25) is 0 Å². The van der Waals surface area contributed by atoms with Crippen LogP contribution in [0.5, 0.6) is 0 Å². The van der Waals surface area contributed by atoms with Crippen LogP contribution < -0.4 is 29.6 Å². The molecule has 8 heteroatoms. The number of benzene rings is 2. The van der Waals surface area contributed by atoms with Gasteiger partial charge in [0.25, 0.3) is 0 Å². The first-order valence-corrected chi connectivity index (χ1v) is 15.1. The zero-order valence-electron chi connectivity index (χ0n) is 23.7. The van der Waals surface area contributed by atoms with Gasteiger partial charge in [0.15, 0.2) is 0 Å². The van der Waals surface area contributed by atoms with Crippen LogP contribution in [-0.2, 0) is 12.6 Å². The van der Waals surface area contributed by atoms with Gasteiger partial charge in [0.05, 0.1) is 27.1 Å². The smallest absolute Gasteiger partial charge is 0.793 e. The second kappa shape index (κ2) is 15.9. The van der Waals surface area contributed by atoms with Gasteiger partial charge in [-0.05, 0) is 50.3 Å². The molecule has 0 N–H and O–H groups in total. The molecule has 0 atom stereocenters. The average Bonchev–Trinajstić information content (AvgIpc) is 2.96.